The second-order valence-electron chi connectivity index (χ2n) is 5.74. The fraction of sp³-hybridized carbons (Fsp3) is 0.562. The van der Waals surface area contributed by atoms with Gasteiger partial charge in [0.2, 0.25) is 0 Å². The Bertz CT molecular complexity index is 430. The van der Waals surface area contributed by atoms with Gasteiger partial charge in [0.1, 0.15) is 0 Å². The minimum Gasteiger partial charge on any atom is -0.321 e. The molecule has 1 aromatic rings. The van der Waals surface area contributed by atoms with Gasteiger partial charge in [0, 0.05) is 18.3 Å². The van der Waals surface area contributed by atoms with E-state index in [1.54, 1.807) is 0 Å². The SMILES string of the molecule is O=C(Nc1ccccc1)N1CCC[C@H]2CCCC[C@@H]21. The minimum absolute atomic E-state index is 0.0859. The number of rotatable bonds is 1. The summed E-state index contributed by atoms with van der Waals surface area (Å²) < 4.78 is 0. The number of likely N-dealkylation sites (tertiary alicyclic amines) is 1. The standard InChI is InChI=1S/C16H22N2O/c19-16(17-14-9-2-1-3-10-14)18-12-6-8-13-7-4-5-11-15(13)18/h1-3,9-10,13,15H,4-8,11-12H2,(H,17,19)/t13-,15+/m1/s1. The van der Waals surface area contributed by atoms with Crippen LogP contribution < -0.4 is 5.32 Å². The maximum atomic E-state index is 12.4. The molecule has 1 heterocycles. The number of fused-ring (bicyclic) bond motifs is 1. The van der Waals surface area contributed by atoms with E-state index in [-0.39, 0.29) is 6.03 Å². The maximum absolute atomic E-state index is 12.4. The van der Waals surface area contributed by atoms with Crippen LogP contribution in [0.15, 0.2) is 30.3 Å². The molecular weight excluding hydrogens is 236 g/mol. The van der Waals surface area contributed by atoms with Gasteiger partial charge in [0.05, 0.1) is 0 Å². The molecule has 0 aromatic heterocycles. The van der Waals surface area contributed by atoms with E-state index in [4.69, 9.17) is 0 Å². The van der Waals surface area contributed by atoms with E-state index >= 15 is 0 Å². The van der Waals surface area contributed by atoms with Crippen molar-refractivity contribution in [1.82, 2.24) is 4.90 Å². The summed E-state index contributed by atoms with van der Waals surface area (Å²) >= 11 is 0. The lowest BCUT2D eigenvalue weighted by Crippen LogP contribution is -2.51. The van der Waals surface area contributed by atoms with E-state index in [0.717, 1.165) is 24.6 Å². The summed E-state index contributed by atoms with van der Waals surface area (Å²) in [4.78, 5) is 14.5. The van der Waals surface area contributed by atoms with Crippen LogP contribution in [0, 0.1) is 5.92 Å². The number of anilines is 1. The van der Waals surface area contributed by atoms with E-state index in [0.29, 0.717) is 6.04 Å². The van der Waals surface area contributed by atoms with Crippen molar-refractivity contribution in [2.24, 2.45) is 5.92 Å². The third-order valence-electron chi connectivity index (χ3n) is 4.53. The first-order valence-corrected chi connectivity index (χ1v) is 7.47. The average Bonchev–Trinajstić information content (AvgIpc) is 2.47. The Kier molecular flexibility index (Phi) is 3.72. The second kappa shape index (κ2) is 5.64. The first kappa shape index (κ1) is 12.5. The Morgan fingerprint density at radius 2 is 1.79 bits per heavy atom. The summed E-state index contributed by atoms with van der Waals surface area (Å²) in [7, 11) is 0. The molecule has 1 saturated carbocycles. The summed E-state index contributed by atoms with van der Waals surface area (Å²) in [5, 5.41) is 3.03. The van der Waals surface area contributed by atoms with Gasteiger partial charge in [-0.25, -0.2) is 4.79 Å². The van der Waals surface area contributed by atoms with E-state index in [9.17, 15) is 4.79 Å². The van der Waals surface area contributed by atoms with E-state index in [1.807, 2.05) is 30.3 Å². The van der Waals surface area contributed by atoms with Gasteiger partial charge >= 0.3 is 6.03 Å². The summed E-state index contributed by atoms with van der Waals surface area (Å²) in [6, 6.07) is 10.3. The lowest BCUT2D eigenvalue weighted by Gasteiger charge is -2.43. The lowest BCUT2D eigenvalue weighted by atomic mass is 9.78. The molecule has 2 atom stereocenters. The zero-order valence-corrected chi connectivity index (χ0v) is 11.3. The van der Waals surface area contributed by atoms with Gasteiger partial charge < -0.3 is 10.2 Å². The number of carbonyl (C=O) groups excluding carboxylic acids is 1. The van der Waals surface area contributed by atoms with Crippen molar-refractivity contribution in [2.75, 3.05) is 11.9 Å². The number of carbonyl (C=O) groups is 1. The molecule has 2 amide bonds. The highest BCUT2D eigenvalue weighted by atomic mass is 16.2. The fourth-order valence-corrected chi connectivity index (χ4v) is 3.59. The molecule has 1 aromatic carbocycles. The van der Waals surface area contributed by atoms with Crippen molar-refractivity contribution in [3.8, 4) is 0 Å². The van der Waals surface area contributed by atoms with Crippen LogP contribution in [0.2, 0.25) is 0 Å². The van der Waals surface area contributed by atoms with Crippen LogP contribution in [-0.4, -0.2) is 23.5 Å². The van der Waals surface area contributed by atoms with Crippen LogP contribution in [0.25, 0.3) is 0 Å². The molecule has 2 aliphatic rings. The molecule has 3 nitrogen and oxygen atoms in total. The number of hydrogen-bond donors (Lipinski definition) is 1. The normalized spacial score (nSPS) is 26.6. The molecule has 0 spiro atoms. The summed E-state index contributed by atoms with van der Waals surface area (Å²) in [6.45, 7) is 0.917. The molecule has 2 fully saturated rings. The van der Waals surface area contributed by atoms with E-state index in [2.05, 4.69) is 10.2 Å². The molecule has 0 bridgehead atoms. The van der Waals surface area contributed by atoms with Crippen molar-refractivity contribution in [3.63, 3.8) is 0 Å². The summed E-state index contributed by atoms with van der Waals surface area (Å²) in [6.07, 6.45) is 7.57. The highest BCUT2D eigenvalue weighted by Gasteiger charge is 2.35. The Morgan fingerprint density at radius 3 is 2.63 bits per heavy atom. The molecular formula is C16H22N2O. The van der Waals surface area contributed by atoms with Crippen molar-refractivity contribution in [3.05, 3.63) is 30.3 Å². The van der Waals surface area contributed by atoms with Crippen molar-refractivity contribution in [2.45, 2.75) is 44.6 Å². The topological polar surface area (TPSA) is 32.3 Å². The Morgan fingerprint density at radius 1 is 1.05 bits per heavy atom. The van der Waals surface area contributed by atoms with E-state index < -0.39 is 0 Å². The molecule has 19 heavy (non-hydrogen) atoms. The molecule has 3 rings (SSSR count). The number of urea groups is 1. The van der Waals surface area contributed by atoms with Gasteiger partial charge in [-0.05, 0) is 43.7 Å². The van der Waals surface area contributed by atoms with Crippen LogP contribution >= 0.6 is 0 Å². The molecule has 102 valence electrons. The zero-order chi connectivity index (χ0) is 13.1. The smallest absolute Gasteiger partial charge is 0.321 e. The van der Waals surface area contributed by atoms with Gasteiger partial charge in [0.15, 0.2) is 0 Å². The van der Waals surface area contributed by atoms with Crippen molar-refractivity contribution >= 4 is 11.7 Å². The molecule has 1 aliphatic heterocycles. The Labute approximate surface area is 115 Å². The highest BCUT2D eigenvalue weighted by molar-refractivity contribution is 5.89. The highest BCUT2D eigenvalue weighted by Crippen LogP contribution is 2.35. The fourth-order valence-electron chi connectivity index (χ4n) is 3.59. The van der Waals surface area contributed by atoms with Crippen LogP contribution in [-0.2, 0) is 0 Å². The van der Waals surface area contributed by atoms with Crippen molar-refractivity contribution in [1.29, 1.82) is 0 Å². The number of nitrogens with zero attached hydrogens (tertiary/aromatic N) is 1. The van der Waals surface area contributed by atoms with Crippen LogP contribution in [0.3, 0.4) is 0 Å². The van der Waals surface area contributed by atoms with E-state index in [1.165, 1.54) is 32.1 Å². The van der Waals surface area contributed by atoms with Gasteiger partial charge in [-0.15, -0.1) is 0 Å². The van der Waals surface area contributed by atoms with Crippen LogP contribution in [0.1, 0.15) is 38.5 Å². The molecule has 3 heteroatoms. The lowest BCUT2D eigenvalue weighted by molar-refractivity contribution is 0.0909. The Balaban J connectivity index is 1.68. The third kappa shape index (κ3) is 2.75. The quantitative estimate of drug-likeness (QED) is 0.814. The van der Waals surface area contributed by atoms with Crippen LogP contribution in [0.5, 0.6) is 0 Å². The first-order chi connectivity index (χ1) is 9.34. The number of amides is 2. The largest absolute Gasteiger partial charge is 0.322 e. The number of piperidine rings is 1. The number of para-hydroxylation sites is 1. The molecule has 0 unspecified atom stereocenters. The number of hydrogen-bond acceptors (Lipinski definition) is 1. The molecule has 1 aliphatic carbocycles. The van der Waals surface area contributed by atoms with Crippen LogP contribution in [0.4, 0.5) is 10.5 Å². The van der Waals surface area contributed by atoms with Gasteiger partial charge in [0.25, 0.3) is 0 Å². The monoisotopic (exact) mass is 258 g/mol. The van der Waals surface area contributed by atoms with Crippen molar-refractivity contribution < 1.29 is 4.79 Å². The van der Waals surface area contributed by atoms with Gasteiger partial charge in [-0.3, -0.25) is 0 Å². The Hall–Kier alpha value is -1.51. The third-order valence-corrected chi connectivity index (χ3v) is 4.53. The average molecular weight is 258 g/mol. The van der Waals surface area contributed by atoms with Gasteiger partial charge in [-0.2, -0.15) is 0 Å². The summed E-state index contributed by atoms with van der Waals surface area (Å²) in [5.41, 5.74) is 0.894. The molecule has 0 radical (unpaired) electrons. The number of nitrogens with one attached hydrogen (secondary N) is 1. The zero-order valence-electron chi connectivity index (χ0n) is 11.3. The number of benzene rings is 1. The molecule has 1 N–H and O–H groups in total. The predicted molar refractivity (Wildman–Crippen MR) is 77.1 cm³/mol. The molecule has 1 saturated heterocycles. The predicted octanol–water partition coefficient (Wildman–Crippen LogP) is 3.87. The second-order valence-corrected chi connectivity index (χ2v) is 5.74. The summed E-state index contributed by atoms with van der Waals surface area (Å²) in [5.74, 6) is 0.740. The first-order valence-electron chi connectivity index (χ1n) is 7.47. The minimum atomic E-state index is 0.0859. The maximum Gasteiger partial charge on any atom is 0.322 e. The van der Waals surface area contributed by atoms with Gasteiger partial charge in [-0.1, -0.05) is 31.0 Å².